The highest BCUT2D eigenvalue weighted by atomic mass is 16.6. The quantitative estimate of drug-likeness (QED) is 0.645. The van der Waals surface area contributed by atoms with Gasteiger partial charge >= 0.3 is 0 Å². The molecule has 0 fully saturated rings. The van der Waals surface area contributed by atoms with Crippen LogP contribution in [0, 0.1) is 0 Å². The van der Waals surface area contributed by atoms with E-state index in [1.165, 1.54) is 0 Å². The monoisotopic (exact) mass is 164 g/mol. The SMILES string of the molecule is C=C(C)C1=C(O)OC(C)=CC1=C. The molecule has 0 aromatic rings. The molecule has 0 aromatic carbocycles. The number of aliphatic hydroxyl groups is 1. The fraction of sp³-hybridized carbons (Fsp3) is 0.200. The van der Waals surface area contributed by atoms with Crippen LogP contribution in [-0.2, 0) is 4.74 Å². The summed E-state index contributed by atoms with van der Waals surface area (Å²) in [5, 5.41) is 9.38. The summed E-state index contributed by atoms with van der Waals surface area (Å²) in [6, 6.07) is 0. The third kappa shape index (κ3) is 1.42. The highest BCUT2D eigenvalue weighted by Crippen LogP contribution is 2.27. The van der Waals surface area contributed by atoms with E-state index in [2.05, 4.69) is 13.2 Å². The summed E-state index contributed by atoms with van der Waals surface area (Å²) in [4.78, 5) is 0. The van der Waals surface area contributed by atoms with Crippen LogP contribution in [-0.4, -0.2) is 5.11 Å². The molecule has 0 bridgehead atoms. The molecule has 64 valence electrons. The Bertz CT molecular complexity index is 306. The smallest absolute Gasteiger partial charge is 0.290 e. The summed E-state index contributed by atoms with van der Waals surface area (Å²) in [6.45, 7) is 11.1. The minimum Gasteiger partial charge on any atom is -0.480 e. The molecule has 0 amide bonds. The van der Waals surface area contributed by atoms with E-state index in [1.54, 1.807) is 19.9 Å². The van der Waals surface area contributed by atoms with Gasteiger partial charge in [0.15, 0.2) is 0 Å². The zero-order valence-corrected chi connectivity index (χ0v) is 7.35. The molecular weight excluding hydrogens is 152 g/mol. The topological polar surface area (TPSA) is 29.5 Å². The molecule has 1 aliphatic heterocycles. The second kappa shape index (κ2) is 2.89. The van der Waals surface area contributed by atoms with E-state index in [9.17, 15) is 5.11 Å². The van der Waals surface area contributed by atoms with Crippen molar-refractivity contribution in [3.8, 4) is 0 Å². The van der Waals surface area contributed by atoms with Gasteiger partial charge in [0.25, 0.3) is 5.95 Å². The van der Waals surface area contributed by atoms with Crippen molar-refractivity contribution in [1.29, 1.82) is 0 Å². The fourth-order valence-corrected chi connectivity index (χ4v) is 1.14. The molecule has 0 aromatic heterocycles. The first kappa shape index (κ1) is 8.65. The summed E-state index contributed by atoms with van der Waals surface area (Å²) < 4.78 is 5.01. The van der Waals surface area contributed by atoms with Crippen LogP contribution in [0.2, 0.25) is 0 Å². The van der Waals surface area contributed by atoms with Crippen molar-refractivity contribution in [3.63, 3.8) is 0 Å². The molecule has 2 nitrogen and oxygen atoms in total. The van der Waals surface area contributed by atoms with Crippen LogP contribution in [0.4, 0.5) is 0 Å². The number of allylic oxidation sites excluding steroid dienone is 5. The molecule has 1 N–H and O–H groups in total. The zero-order chi connectivity index (χ0) is 9.30. The lowest BCUT2D eigenvalue weighted by Gasteiger charge is -2.17. The van der Waals surface area contributed by atoms with Gasteiger partial charge in [0.2, 0.25) is 0 Å². The van der Waals surface area contributed by atoms with Crippen molar-refractivity contribution in [1.82, 2.24) is 0 Å². The highest BCUT2D eigenvalue weighted by molar-refractivity contribution is 5.51. The molecule has 0 spiro atoms. The highest BCUT2D eigenvalue weighted by Gasteiger charge is 2.16. The molecule has 1 heterocycles. The minimum absolute atomic E-state index is 0.104. The Morgan fingerprint density at radius 1 is 1.58 bits per heavy atom. The van der Waals surface area contributed by atoms with Gasteiger partial charge < -0.3 is 9.84 Å². The Hall–Kier alpha value is -1.44. The molecule has 2 heteroatoms. The van der Waals surface area contributed by atoms with Crippen molar-refractivity contribution in [2.45, 2.75) is 13.8 Å². The van der Waals surface area contributed by atoms with E-state index in [0.29, 0.717) is 11.3 Å². The number of aliphatic hydroxyl groups excluding tert-OH is 1. The molecule has 0 saturated heterocycles. The summed E-state index contributed by atoms with van der Waals surface area (Å²) in [7, 11) is 0. The summed E-state index contributed by atoms with van der Waals surface area (Å²) in [5.41, 5.74) is 2.09. The van der Waals surface area contributed by atoms with E-state index < -0.39 is 0 Å². The Balaban J connectivity index is 3.08. The molecule has 0 aliphatic carbocycles. The van der Waals surface area contributed by atoms with Gasteiger partial charge in [-0.05, 0) is 31.1 Å². The van der Waals surface area contributed by atoms with Crippen molar-refractivity contribution in [2.24, 2.45) is 0 Å². The summed E-state index contributed by atoms with van der Waals surface area (Å²) in [6.07, 6.45) is 1.77. The zero-order valence-electron chi connectivity index (χ0n) is 7.35. The second-order valence-electron chi connectivity index (χ2n) is 2.84. The van der Waals surface area contributed by atoms with E-state index in [0.717, 1.165) is 11.1 Å². The van der Waals surface area contributed by atoms with Gasteiger partial charge in [-0.25, -0.2) is 0 Å². The molecule has 12 heavy (non-hydrogen) atoms. The summed E-state index contributed by atoms with van der Waals surface area (Å²) >= 11 is 0. The molecular formula is C10H12O2. The van der Waals surface area contributed by atoms with Gasteiger partial charge in [-0.3, -0.25) is 0 Å². The van der Waals surface area contributed by atoms with E-state index in [-0.39, 0.29) is 5.95 Å². The summed E-state index contributed by atoms with van der Waals surface area (Å²) in [5.74, 6) is 0.537. The predicted octanol–water partition coefficient (Wildman–Crippen LogP) is 2.82. The van der Waals surface area contributed by atoms with Crippen molar-refractivity contribution in [2.75, 3.05) is 0 Å². The Kier molecular flexibility index (Phi) is 2.09. The molecule has 0 unspecified atom stereocenters. The maximum atomic E-state index is 9.38. The molecule has 0 radical (unpaired) electrons. The van der Waals surface area contributed by atoms with Crippen LogP contribution in [0.25, 0.3) is 0 Å². The van der Waals surface area contributed by atoms with Crippen molar-refractivity contribution < 1.29 is 9.84 Å². The molecule has 1 rings (SSSR count). The second-order valence-corrected chi connectivity index (χ2v) is 2.84. The van der Waals surface area contributed by atoms with Crippen LogP contribution < -0.4 is 0 Å². The average Bonchev–Trinajstić information content (AvgIpc) is 1.82. The van der Waals surface area contributed by atoms with Gasteiger partial charge in [-0.2, -0.15) is 0 Å². The van der Waals surface area contributed by atoms with E-state index in [1.807, 2.05) is 0 Å². The van der Waals surface area contributed by atoms with Gasteiger partial charge in [-0.1, -0.05) is 13.2 Å². The molecule has 0 atom stereocenters. The number of rotatable bonds is 1. The van der Waals surface area contributed by atoms with Crippen LogP contribution >= 0.6 is 0 Å². The largest absolute Gasteiger partial charge is 0.480 e. The maximum Gasteiger partial charge on any atom is 0.290 e. The fourth-order valence-electron chi connectivity index (χ4n) is 1.14. The van der Waals surface area contributed by atoms with E-state index >= 15 is 0 Å². The minimum atomic E-state index is -0.104. The lowest BCUT2D eigenvalue weighted by molar-refractivity contribution is 0.140. The molecule has 1 aliphatic rings. The Labute approximate surface area is 72.2 Å². The normalized spacial score (nSPS) is 17.2. The molecule has 0 saturated carbocycles. The van der Waals surface area contributed by atoms with Gasteiger partial charge in [0, 0.05) is 0 Å². The van der Waals surface area contributed by atoms with Crippen molar-refractivity contribution in [3.05, 3.63) is 47.7 Å². The van der Waals surface area contributed by atoms with Crippen LogP contribution in [0.5, 0.6) is 0 Å². The lowest BCUT2D eigenvalue weighted by Crippen LogP contribution is -2.04. The van der Waals surface area contributed by atoms with Gasteiger partial charge in [0.1, 0.15) is 5.76 Å². The van der Waals surface area contributed by atoms with Crippen molar-refractivity contribution >= 4 is 0 Å². The predicted molar refractivity (Wildman–Crippen MR) is 48.5 cm³/mol. The van der Waals surface area contributed by atoms with E-state index in [4.69, 9.17) is 4.74 Å². The van der Waals surface area contributed by atoms with Gasteiger partial charge in [-0.15, -0.1) is 0 Å². The number of hydrogen-bond acceptors (Lipinski definition) is 2. The lowest BCUT2D eigenvalue weighted by atomic mass is 10.0. The van der Waals surface area contributed by atoms with Gasteiger partial charge in [0.05, 0.1) is 5.57 Å². The maximum absolute atomic E-state index is 9.38. The van der Waals surface area contributed by atoms with Crippen LogP contribution in [0.3, 0.4) is 0 Å². The number of hydrogen-bond donors (Lipinski definition) is 1. The first-order valence-corrected chi connectivity index (χ1v) is 3.67. The third-order valence-corrected chi connectivity index (χ3v) is 1.60. The Morgan fingerprint density at radius 2 is 2.17 bits per heavy atom. The Morgan fingerprint density at radius 3 is 2.58 bits per heavy atom. The van der Waals surface area contributed by atoms with Crippen LogP contribution in [0.1, 0.15) is 13.8 Å². The number of ether oxygens (including phenoxy) is 1. The standard InChI is InChI=1S/C10H12O2/c1-6(2)9-7(3)5-8(4)12-10(9)11/h5,11H,1,3H2,2,4H3. The van der Waals surface area contributed by atoms with Crippen LogP contribution in [0.15, 0.2) is 47.7 Å². The third-order valence-electron chi connectivity index (χ3n) is 1.60. The average molecular weight is 164 g/mol. The first-order chi connectivity index (χ1) is 5.52. The first-order valence-electron chi connectivity index (χ1n) is 3.67.